The number of hydrogen-bond donors (Lipinski definition) is 2. The lowest BCUT2D eigenvalue weighted by molar-refractivity contribution is -0.142. The molecule has 0 aliphatic carbocycles. The lowest BCUT2D eigenvalue weighted by Crippen LogP contribution is -2.45. The standard InChI is InChI=1S/C23H29N3O3/c1-17-12-14-26(15-13-17)20-10-8-19(9-11-20)24-23(28)25-21(22(27)29-2)16-18-6-4-3-5-7-18/h3-11,17,21H,12-16H2,1-2H3,(H2,24,25,28). The average Bonchev–Trinajstić information content (AvgIpc) is 2.74. The van der Waals surface area contributed by atoms with Gasteiger partial charge in [-0.15, -0.1) is 0 Å². The van der Waals surface area contributed by atoms with Gasteiger partial charge in [0, 0.05) is 30.9 Å². The molecule has 1 aliphatic rings. The molecule has 0 spiro atoms. The highest BCUT2D eigenvalue weighted by Crippen LogP contribution is 2.24. The summed E-state index contributed by atoms with van der Waals surface area (Å²) in [4.78, 5) is 26.9. The van der Waals surface area contributed by atoms with Crippen LogP contribution in [0, 0.1) is 5.92 Å². The first-order chi connectivity index (χ1) is 14.0. The lowest BCUT2D eigenvalue weighted by atomic mass is 9.99. The minimum absolute atomic E-state index is 0.368. The van der Waals surface area contributed by atoms with Crippen molar-refractivity contribution in [2.24, 2.45) is 5.92 Å². The predicted octanol–water partition coefficient (Wildman–Crippen LogP) is 3.83. The molecule has 3 rings (SSSR count). The molecule has 6 heteroatoms. The topological polar surface area (TPSA) is 70.7 Å². The summed E-state index contributed by atoms with van der Waals surface area (Å²) in [6.07, 6.45) is 2.78. The van der Waals surface area contributed by atoms with E-state index in [-0.39, 0.29) is 0 Å². The predicted molar refractivity (Wildman–Crippen MR) is 115 cm³/mol. The molecular weight excluding hydrogens is 366 g/mol. The summed E-state index contributed by atoms with van der Waals surface area (Å²) in [7, 11) is 1.32. The van der Waals surface area contributed by atoms with Crippen molar-refractivity contribution in [1.29, 1.82) is 0 Å². The van der Waals surface area contributed by atoms with Gasteiger partial charge in [-0.2, -0.15) is 0 Å². The van der Waals surface area contributed by atoms with Crippen molar-refractivity contribution in [2.45, 2.75) is 32.2 Å². The highest BCUT2D eigenvalue weighted by Gasteiger charge is 2.22. The van der Waals surface area contributed by atoms with E-state index in [0.29, 0.717) is 12.1 Å². The van der Waals surface area contributed by atoms with E-state index in [9.17, 15) is 9.59 Å². The first-order valence-corrected chi connectivity index (χ1v) is 10.1. The molecule has 1 unspecified atom stereocenters. The molecule has 29 heavy (non-hydrogen) atoms. The minimum atomic E-state index is -0.753. The molecule has 1 saturated heterocycles. The van der Waals surface area contributed by atoms with Crippen LogP contribution in [0.3, 0.4) is 0 Å². The van der Waals surface area contributed by atoms with Gasteiger partial charge in [-0.25, -0.2) is 9.59 Å². The second kappa shape index (κ2) is 9.96. The number of esters is 1. The Labute approximate surface area is 172 Å². The van der Waals surface area contributed by atoms with E-state index in [1.807, 2.05) is 54.6 Å². The van der Waals surface area contributed by atoms with Crippen molar-refractivity contribution < 1.29 is 14.3 Å². The number of urea groups is 1. The van der Waals surface area contributed by atoms with Crippen LogP contribution in [0.4, 0.5) is 16.2 Å². The maximum atomic E-state index is 12.4. The van der Waals surface area contributed by atoms with Crippen LogP contribution in [0.15, 0.2) is 54.6 Å². The maximum absolute atomic E-state index is 12.4. The smallest absolute Gasteiger partial charge is 0.328 e. The fourth-order valence-electron chi connectivity index (χ4n) is 3.53. The largest absolute Gasteiger partial charge is 0.467 e. The molecule has 0 bridgehead atoms. The SMILES string of the molecule is COC(=O)C(Cc1ccccc1)NC(=O)Nc1ccc(N2CCC(C)CC2)cc1. The third-order valence-corrected chi connectivity index (χ3v) is 5.35. The maximum Gasteiger partial charge on any atom is 0.328 e. The number of carbonyl (C=O) groups excluding carboxylic acids is 2. The number of amides is 2. The molecule has 0 aromatic heterocycles. The molecule has 1 aliphatic heterocycles. The summed E-state index contributed by atoms with van der Waals surface area (Å²) in [6, 6.07) is 16.2. The van der Waals surface area contributed by atoms with Crippen LogP contribution in [-0.4, -0.2) is 38.2 Å². The molecule has 0 radical (unpaired) electrons. The molecule has 154 valence electrons. The summed E-state index contributed by atoms with van der Waals surface area (Å²) in [5, 5.41) is 5.51. The molecule has 1 fully saturated rings. The average molecular weight is 396 g/mol. The number of anilines is 2. The van der Waals surface area contributed by atoms with Gasteiger partial charge in [0.1, 0.15) is 6.04 Å². The first-order valence-electron chi connectivity index (χ1n) is 10.1. The number of hydrogen-bond acceptors (Lipinski definition) is 4. The van der Waals surface area contributed by atoms with Crippen LogP contribution in [0.25, 0.3) is 0 Å². The Kier molecular flexibility index (Phi) is 7.11. The van der Waals surface area contributed by atoms with Gasteiger partial charge in [0.25, 0.3) is 0 Å². The quantitative estimate of drug-likeness (QED) is 0.730. The Balaban J connectivity index is 1.57. The zero-order valence-corrected chi connectivity index (χ0v) is 17.1. The third kappa shape index (κ3) is 5.98. The first kappa shape index (κ1) is 20.7. The van der Waals surface area contributed by atoms with Crippen LogP contribution >= 0.6 is 0 Å². The van der Waals surface area contributed by atoms with Crippen molar-refractivity contribution in [2.75, 3.05) is 30.4 Å². The van der Waals surface area contributed by atoms with Gasteiger partial charge in [0.15, 0.2) is 0 Å². The summed E-state index contributed by atoms with van der Waals surface area (Å²) >= 11 is 0. The van der Waals surface area contributed by atoms with Gasteiger partial charge in [0.2, 0.25) is 0 Å². The molecular formula is C23H29N3O3. The molecule has 1 heterocycles. The highest BCUT2D eigenvalue weighted by molar-refractivity contribution is 5.92. The van der Waals surface area contributed by atoms with Crippen LogP contribution in [-0.2, 0) is 16.0 Å². The number of nitrogens with one attached hydrogen (secondary N) is 2. The molecule has 2 amide bonds. The monoisotopic (exact) mass is 395 g/mol. The van der Waals surface area contributed by atoms with Gasteiger partial charge >= 0.3 is 12.0 Å². The Hall–Kier alpha value is -3.02. The van der Waals surface area contributed by atoms with Crippen LogP contribution < -0.4 is 15.5 Å². The number of benzene rings is 2. The summed E-state index contributed by atoms with van der Waals surface area (Å²) in [5.74, 6) is 0.313. The molecule has 2 aromatic carbocycles. The number of carbonyl (C=O) groups is 2. The van der Waals surface area contributed by atoms with Crippen LogP contribution in [0.2, 0.25) is 0 Å². The normalized spacial score (nSPS) is 15.4. The van der Waals surface area contributed by atoms with E-state index in [1.165, 1.54) is 25.6 Å². The van der Waals surface area contributed by atoms with E-state index in [0.717, 1.165) is 24.6 Å². The number of methoxy groups -OCH3 is 1. The Morgan fingerprint density at radius 3 is 2.34 bits per heavy atom. The second-order valence-electron chi connectivity index (χ2n) is 7.58. The van der Waals surface area contributed by atoms with Gasteiger partial charge in [-0.05, 0) is 48.6 Å². The lowest BCUT2D eigenvalue weighted by Gasteiger charge is -2.32. The van der Waals surface area contributed by atoms with Crippen molar-refractivity contribution in [3.05, 3.63) is 60.2 Å². The minimum Gasteiger partial charge on any atom is -0.467 e. The van der Waals surface area contributed by atoms with Gasteiger partial charge in [-0.1, -0.05) is 37.3 Å². The molecule has 1 atom stereocenters. The van der Waals surface area contributed by atoms with Crippen LogP contribution in [0.5, 0.6) is 0 Å². The Bertz CT molecular complexity index is 800. The zero-order valence-electron chi connectivity index (χ0n) is 17.1. The number of nitrogens with zero attached hydrogens (tertiary/aromatic N) is 1. The molecule has 0 saturated carbocycles. The fraction of sp³-hybridized carbons (Fsp3) is 0.391. The van der Waals surface area contributed by atoms with Crippen molar-refractivity contribution in [3.8, 4) is 0 Å². The summed E-state index contributed by atoms with van der Waals surface area (Å²) < 4.78 is 4.84. The highest BCUT2D eigenvalue weighted by atomic mass is 16.5. The van der Waals surface area contributed by atoms with E-state index in [2.05, 4.69) is 22.5 Å². The van der Waals surface area contributed by atoms with E-state index in [4.69, 9.17) is 4.74 Å². The molecule has 6 nitrogen and oxygen atoms in total. The van der Waals surface area contributed by atoms with Gasteiger partial charge < -0.3 is 20.3 Å². The van der Waals surface area contributed by atoms with Crippen molar-refractivity contribution in [1.82, 2.24) is 5.32 Å². The zero-order chi connectivity index (χ0) is 20.6. The molecule has 2 aromatic rings. The summed E-state index contributed by atoms with van der Waals surface area (Å²) in [6.45, 7) is 4.42. The summed E-state index contributed by atoms with van der Waals surface area (Å²) in [5.41, 5.74) is 2.79. The number of rotatable bonds is 6. The van der Waals surface area contributed by atoms with Gasteiger partial charge in [0.05, 0.1) is 7.11 Å². The number of ether oxygens (including phenoxy) is 1. The van der Waals surface area contributed by atoms with Gasteiger partial charge in [-0.3, -0.25) is 0 Å². The number of piperidine rings is 1. The van der Waals surface area contributed by atoms with E-state index < -0.39 is 18.0 Å². The third-order valence-electron chi connectivity index (χ3n) is 5.35. The Morgan fingerprint density at radius 2 is 1.72 bits per heavy atom. The Morgan fingerprint density at radius 1 is 1.07 bits per heavy atom. The van der Waals surface area contributed by atoms with Crippen molar-refractivity contribution >= 4 is 23.4 Å². The van der Waals surface area contributed by atoms with E-state index >= 15 is 0 Å². The fourth-order valence-corrected chi connectivity index (χ4v) is 3.53. The second-order valence-corrected chi connectivity index (χ2v) is 7.58. The van der Waals surface area contributed by atoms with Crippen molar-refractivity contribution in [3.63, 3.8) is 0 Å². The molecule has 2 N–H and O–H groups in total. The van der Waals surface area contributed by atoms with Crippen LogP contribution in [0.1, 0.15) is 25.3 Å². The van der Waals surface area contributed by atoms with E-state index in [1.54, 1.807) is 0 Å².